The topological polar surface area (TPSA) is 86.6 Å². The summed E-state index contributed by atoms with van der Waals surface area (Å²) in [4.78, 5) is 0. The largest absolute Gasteiger partial charge is 0.394 e. The molecule has 0 amide bonds. The minimum absolute atomic E-state index is 0.276. The number of ether oxygens (including phenoxy) is 5. The molecule has 0 bridgehead atoms. The summed E-state index contributed by atoms with van der Waals surface area (Å²) in [5, 5.41) is 20.4. The number of rotatable bonds is 12. The van der Waals surface area contributed by atoms with Crippen molar-refractivity contribution in [2.75, 3.05) is 13.7 Å². The zero-order valence-corrected chi connectivity index (χ0v) is 20.4. The molecule has 0 saturated carbocycles. The minimum atomic E-state index is -1.19. The number of methoxy groups -OCH3 is 1. The molecule has 7 nitrogen and oxygen atoms in total. The first kappa shape index (κ1) is 26.4. The molecular weight excluding hydrogens is 460 g/mol. The van der Waals surface area contributed by atoms with Gasteiger partial charge in [0.1, 0.15) is 30.5 Å². The lowest BCUT2D eigenvalue weighted by atomic mass is 9.94. The van der Waals surface area contributed by atoms with Crippen molar-refractivity contribution in [2.24, 2.45) is 0 Å². The van der Waals surface area contributed by atoms with E-state index in [2.05, 4.69) is 0 Å². The van der Waals surface area contributed by atoms with Crippen molar-refractivity contribution in [3.05, 3.63) is 108 Å². The Morgan fingerprint density at radius 1 is 0.667 bits per heavy atom. The molecule has 1 aliphatic heterocycles. The van der Waals surface area contributed by atoms with E-state index in [0.717, 1.165) is 16.7 Å². The number of benzene rings is 3. The van der Waals surface area contributed by atoms with Gasteiger partial charge in [-0.2, -0.15) is 0 Å². The third-order valence-corrected chi connectivity index (χ3v) is 6.19. The lowest BCUT2D eigenvalue weighted by molar-refractivity contribution is -0.330. The van der Waals surface area contributed by atoms with Gasteiger partial charge in [-0.1, -0.05) is 91.0 Å². The van der Waals surface area contributed by atoms with Crippen LogP contribution in [0.2, 0.25) is 0 Å². The van der Waals surface area contributed by atoms with Crippen molar-refractivity contribution in [3.8, 4) is 0 Å². The molecule has 1 aliphatic rings. The second kappa shape index (κ2) is 13.6. The van der Waals surface area contributed by atoms with Crippen LogP contribution in [0.1, 0.15) is 16.7 Å². The first-order chi connectivity index (χ1) is 17.7. The molecule has 1 heterocycles. The van der Waals surface area contributed by atoms with Crippen LogP contribution in [0.25, 0.3) is 0 Å². The second-order valence-electron chi connectivity index (χ2n) is 8.74. The molecule has 6 atom stereocenters. The zero-order valence-electron chi connectivity index (χ0n) is 20.4. The van der Waals surface area contributed by atoms with E-state index in [1.165, 1.54) is 7.11 Å². The highest BCUT2D eigenvalue weighted by molar-refractivity contribution is 5.15. The van der Waals surface area contributed by atoms with Crippen molar-refractivity contribution in [1.82, 2.24) is 0 Å². The van der Waals surface area contributed by atoms with Crippen molar-refractivity contribution < 1.29 is 33.9 Å². The highest BCUT2D eigenvalue weighted by Gasteiger charge is 2.50. The number of hydrogen-bond acceptors (Lipinski definition) is 7. The minimum Gasteiger partial charge on any atom is -0.394 e. The molecule has 0 radical (unpaired) electrons. The Hall–Kier alpha value is -2.62. The van der Waals surface area contributed by atoms with Crippen LogP contribution < -0.4 is 0 Å². The summed E-state index contributed by atoms with van der Waals surface area (Å²) in [7, 11) is 1.52. The molecular formula is C29H34O7. The van der Waals surface area contributed by atoms with Gasteiger partial charge in [0.25, 0.3) is 0 Å². The molecule has 1 unspecified atom stereocenters. The fourth-order valence-corrected chi connectivity index (χ4v) is 4.29. The maximum Gasteiger partial charge on any atom is 0.186 e. The second-order valence-corrected chi connectivity index (χ2v) is 8.74. The van der Waals surface area contributed by atoms with Crippen LogP contribution in [-0.4, -0.2) is 60.7 Å². The highest BCUT2D eigenvalue weighted by Crippen LogP contribution is 2.32. The van der Waals surface area contributed by atoms with Gasteiger partial charge in [-0.05, 0) is 16.7 Å². The monoisotopic (exact) mass is 494 g/mol. The Morgan fingerprint density at radius 3 is 1.50 bits per heavy atom. The zero-order chi connectivity index (χ0) is 25.2. The van der Waals surface area contributed by atoms with Gasteiger partial charge < -0.3 is 33.9 Å². The maximum atomic E-state index is 10.7. The van der Waals surface area contributed by atoms with E-state index in [1.807, 2.05) is 91.0 Å². The lowest BCUT2D eigenvalue weighted by Gasteiger charge is -2.46. The molecule has 0 aliphatic carbocycles. The molecule has 192 valence electrons. The number of aliphatic hydroxyl groups is 2. The maximum absolute atomic E-state index is 10.7. The van der Waals surface area contributed by atoms with Gasteiger partial charge in [0.05, 0.1) is 26.4 Å². The molecule has 36 heavy (non-hydrogen) atoms. The quantitative estimate of drug-likeness (QED) is 0.399. The molecule has 0 aromatic heterocycles. The third kappa shape index (κ3) is 6.99. The third-order valence-electron chi connectivity index (χ3n) is 6.19. The van der Waals surface area contributed by atoms with E-state index in [1.54, 1.807) is 0 Å². The first-order valence-corrected chi connectivity index (χ1v) is 12.1. The van der Waals surface area contributed by atoms with Crippen LogP contribution in [0, 0.1) is 0 Å². The number of aliphatic hydroxyl groups excluding tert-OH is 2. The molecule has 2 N–H and O–H groups in total. The van der Waals surface area contributed by atoms with Gasteiger partial charge in [-0.25, -0.2) is 0 Å². The Balaban J connectivity index is 1.61. The van der Waals surface area contributed by atoms with E-state index in [4.69, 9.17) is 23.7 Å². The summed E-state index contributed by atoms with van der Waals surface area (Å²) in [6.45, 7) is 0.407. The van der Waals surface area contributed by atoms with Crippen LogP contribution in [0.15, 0.2) is 91.0 Å². The average Bonchev–Trinajstić information content (AvgIpc) is 2.94. The van der Waals surface area contributed by atoms with E-state index < -0.39 is 43.4 Å². The highest BCUT2D eigenvalue weighted by atomic mass is 16.7. The Morgan fingerprint density at radius 2 is 1.08 bits per heavy atom. The van der Waals surface area contributed by atoms with E-state index >= 15 is 0 Å². The molecule has 4 rings (SSSR count). The fraction of sp³-hybridized carbons (Fsp3) is 0.379. The van der Waals surface area contributed by atoms with Gasteiger partial charge in [-0.3, -0.25) is 0 Å². The molecule has 7 heteroatoms. The van der Waals surface area contributed by atoms with Crippen molar-refractivity contribution in [2.45, 2.75) is 56.6 Å². The van der Waals surface area contributed by atoms with Crippen LogP contribution in [0.5, 0.6) is 0 Å². The van der Waals surface area contributed by atoms with Crippen LogP contribution in [0.3, 0.4) is 0 Å². The van der Waals surface area contributed by atoms with Gasteiger partial charge in [0, 0.05) is 7.11 Å². The van der Waals surface area contributed by atoms with Crippen LogP contribution >= 0.6 is 0 Å². The van der Waals surface area contributed by atoms with E-state index in [-0.39, 0.29) is 6.61 Å². The van der Waals surface area contributed by atoms with Crippen molar-refractivity contribution in [3.63, 3.8) is 0 Å². The molecule has 3 aromatic carbocycles. The summed E-state index contributed by atoms with van der Waals surface area (Å²) in [5.74, 6) is 0. The summed E-state index contributed by atoms with van der Waals surface area (Å²) in [5.41, 5.74) is 2.95. The Bertz CT molecular complexity index is 1000. The van der Waals surface area contributed by atoms with Crippen LogP contribution in [-0.2, 0) is 43.5 Å². The molecule has 1 fully saturated rings. The smallest absolute Gasteiger partial charge is 0.186 e. The SMILES string of the molecule is CO[C@H]1O[C@H](C(O)CO)[C@@H](OCc2ccccc2)[C@H](OCc2ccccc2)[C@@H]1OCc1ccccc1. The normalized spacial score (nSPS) is 24.9. The van der Waals surface area contributed by atoms with Gasteiger partial charge in [-0.15, -0.1) is 0 Å². The van der Waals surface area contributed by atoms with Crippen molar-refractivity contribution >= 4 is 0 Å². The predicted molar refractivity (Wildman–Crippen MR) is 134 cm³/mol. The standard InChI is InChI=1S/C29H34O7/c1-32-29-28(35-20-23-15-9-4-10-16-23)27(34-19-22-13-7-3-8-14-22)26(25(36-29)24(31)17-30)33-18-21-11-5-2-6-12-21/h2-16,24-31H,17-20H2,1H3/t24?,25-,26-,27+,28+,29+/m1/s1. The van der Waals surface area contributed by atoms with Gasteiger partial charge in [0.2, 0.25) is 0 Å². The molecule has 3 aromatic rings. The van der Waals surface area contributed by atoms with Crippen LogP contribution in [0.4, 0.5) is 0 Å². The van der Waals surface area contributed by atoms with Gasteiger partial charge in [0.15, 0.2) is 6.29 Å². The predicted octanol–water partition coefficient (Wildman–Crippen LogP) is 3.47. The number of hydrogen-bond donors (Lipinski definition) is 2. The van der Waals surface area contributed by atoms with E-state index in [9.17, 15) is 10.2 Å². The Labute approximate surface area is 212 Å². The summed E-state index contributed by atoms with van der Waals surface area (Å²) >= 11 is 0. The lowest BCUT2D eigenvalue weighted by Crippen LogP contribution is -2.63. The molecule has 0 spiro atoms. The summed E-state index contributed by atoms with van der Waals surface area (Å²) in [6, 6.07) is 29.4. The van der Waals surface area contributed by atoms with Crippen molar-refractivity contribution in [1.29, 1.82) is 0 Å². The molecule has 1 saturated heterocycles. The fourth-order valence-electron chi connectivity index (χ4n) is 4.29. The average molecular weight is 495 g/mol. The first-order valence-electron chi connectivity index (χ1n) is 12.1. The summed E-state index contributed by atoms with van der Waals surface area (Å²) in [6.07, 6.45) is -4.95. The van der Waals surface area contributed by atoms with E-state index in [0.29, 0.717) is 13.2 Å². The van der Waals surface area contributed by atoms with Gasteiger partial charge >= 0.3 is 0 Å². The summed E-state index contributed by atoms with van der Waals surface area (Å²) < 4.78 is 30.8. The Kier molecular flexibility index (Phi) is 10.0.